The van der Waals surface area contributed by atoms with E-state index in [0.29, 0.717) is 23.9 Å². The topological polar surface area (TPSA) is 69.7 Å². The van der Waals surface area contributed by atoms with Crippen molar-refractivity contribution in [2.24, 2.45) is 11.8 Å². The molecule has 1 aromatic rings. The number of carbonyl (C=O) groups is 1. The van der Waals surface area contributed by atoms with Crippen molar-refractivity contribution in [3.63, 3.8) is 0 Å². The Labute approximate surface area is 158 Å². The number of hydrogen-bond acceptors (Lipinski definition) is 4. The maximum absolute atomic E-state index is 12.4. The Morgan fingerprint density at radius 2 is 1.58 bits per heavy atom. The molecule has 0 saturated carbocycles. The van der Waals surface area contributed by atoms with E-state index >= 15 is 0 Å². The molecule has 0 aliphatic rings. The van der Waals surface area contributed by atoms with Gasteiger partial charge in [0.15, 0.2) is 0 Å². The number of hydrogen-bond donors (Lipinski definition) is 1. The smallest absolute Gasteiger partial charge is 0.242 e. The number of nitrogens with zero attached hydrogens (tertiary/aromatic N) is 2. The van der Waals surface area contributed by atoms with Crippen molar-refractivity contribution >= 4 is 15.9 Å². The Bertz CT molecular complexity index is 675. The van der Waals surface area contributed by atoms with Crippen LogP contribution in [0, 0.1) is 11.8 Å². The third kappa shape index (κ3) is 7.05. The normalized spacial score (nSPS) is 12.4. The molecule has 1 amide bonds. The lowest BCUT2D eigenvalue weighted by atomic mass is 10.1. The van der Waals surface area contributed by atoms with Gasteiger partial charge in [0.2, 0.25) is 15.9 Å². The second-order valence-corrected chi connectivity index (χ2v) is 9.77. The van der Waals surface area contributed by atoms with Gasteiger partial charge in [-0.1, -0.05) is 45.9 Å². The number of sulfonamides is 1. The molecular formula is C19H33N3O3S. The van der Waals surface area contributed by atoms with Gasteiger partial charge in [-0.05, 0) is 23.5 Å². The Hall–Kier alpha value is -1.44. The van der Waals surface area contributed by atoms with Crippen LogP contribution in [0.1, 0.15) is 33.3 Å². The standard InChI is InChI=1S/C19H33N3O3S/c1-15(2)12-22(13-16(3)4)14-19(23)20-11-17-9-7-8-10-18(17)26(24,25)21(5)6/h7-10,15-16H,11-14H2,1-6H3,(H,20,23). The molecule has 7 heteroatoms. The van der Waals surface area contributed by atoms with Crippen LogP contribution in [0.25, 0.3) is 0 Å². The Balaban J connectivity index is 2.79. The first kappa shape index (κ1) is 22.6. The van der Waals surface area contributed by atoms with Crippen molar-refractivity contribution in [1.82, 2.24) is 14.5 Å². The van der Waals surface area contributed by atoms with Crippen molar-refractivity contribution in [3.8, 4) is 0 Å². The molecule has 0 saturated heterocycles. The maximum Gasteiger partial charge on any atom is 0.242 e. The van der Waals surface area contributed by atoms with Gasteiger partial charge >= 0.3 is 0 Å². The molecule has 0 spiro atoms. The second kappa shape index (κ2) is 10.0. The van der Waals surface area contributed by atoms with Crippen LogP contribution < -0.4 is 5.32 Å². The highest BCUT2D eigenvalue weighted by molar-refractivity contribution is 7.89. The van der Waals surface area contributed by atoms with Gasteiger partial charge in [-0.3, -0.25) is 9.69 Å². The molecule has 0 aliphatic carbocycles. The largest absolute Gasteiger partial charge is 0.351 e. The minimum Gasteiger partial charge on any atom is -0.351 e. The summed E-state index contributed by atoms with van der Waals surface area (Å²) < 4.78 is 26.0. The first-order valence-electron chi connectivity index (χ1n) is 9.03. The van der Waals surface area contributed by atoms with Gasteiger partial charge < -0.3 is 5.32 Å². The molecule has 0 aliphatic heterocycles. The summed E-state index contributed by atoms with van der Waals surface area (Å²) in [5.74, 6) is 0.864. The lowest BCUT2D eigenvalue weighted by Crippen LogP contribution is -2.40. The first-order valence-corrected chi connectivity index (χ1v) is 10.5. The van der Waals surface area contributed by atoms with Crippen LogP contribution in [0.4, 0.5) is 0 Å². The molecule has 0 heterocycles. The Morgan fingerprint density at radius 1 is 1.04 bits per heavy atom. The van der Waals surface area contributed by atoms with Crippen molar-refractivity contribution in [3.05, 3.63) is 29.8 Å². The Kier molecular flexibility index (Phi) is 8.73. The van der Waals surface area contributed by atoms with Crippen LogP contribution >= 0.6 is 0 Å². The minimum atomic E-state index is -3.54. The summed E-state index contributed by atoms with van der Waals surface area (Å²) in [6.45, 7) is 10.8. The van der Waals surface area contributed by atoms with E-state index in [1.165, 1.54) is 18.4 Å². The molecule has 0 fully saturated rings. The van der Waals surface area contributed by atoms with Crippen molar-refractivity contribution in [2.75, 3.05) is 33.7 Å². The van der Waals surface area contributed by atoms with E-state index in [4.69, 9.17) is 0 Å². The summed E-state index contributed by atoms with van der Waals surface area (Å²) in [4.78, 5) is 14.7. The van der Waals surface area contributed by atoms with Crippen LogP contribution in [0.15, 0.2) is 29.2 Å². The zero-order chi connectivity index (χ0) is 19.9. The van der Waals surface area contributed by atoms with E-state index in [1.807, 2.05) is 0 Å². The minimum absolute atomic E-state index is 0.0941. The molecule has 148 valence electrons. The van der Waals surface area contributed by atoms with Gasteiger partial charge in [0.25, 0.3) is 0 Å². The van der Waals surface area contributed by atoms with E-state index < -0.39 is 10.0 Å². The predicted molar refractivity (Wildman–Crippen MR) is 105 cm³/mol. The fourth-order valence-corrected chi connectivity index (χ4v) is 3.90. The zero-order valence-electron chi connectivity index (χ0n) is 16.8. The number of amides is 1. The number of rotatable bonds is 10. The molecule has 0 unspecified atom stereocenters. The summed E-state index contributed by atoms with van der Waals surface area (Å²) in [6.07, 6.45) is 0. The molecule has 0 radical (unpaired) electrons. The monoisotopic (exact) mass is 383 g/mol. The summed E-state index contributed by atoms with van der Waals surface area (Å²) in [6, 6.07) is 6.77. The second-order valence-electron chi connectivity index (χ2n) is 7.65. The highest BCUT2D eigenvalue weighted by atomic mass is 32.2. The lowest BCUT2D eigenvalue weighted by Gasteiger charge is -2.25. The van der Waals surface area contributed by atoms with Gasteiger partial charge in [0, 0.05) is 33.7 Å². The number of carbonyl (C=O) groups excluding carboxylic acids is 1. The number of nitrogens with one attached hydrogen (secondary N) is 1. The zero-order valence-corrected chi connectivity index (χ0v) is 17.6. The lowest BCUT2D eigenvalue weighted by molar-refractivity contribution is -0.122. The van der Waals surface area contributed by atoms with Gasteiger partial charge in [-0.25, -0.2) is 12.7 Å². The average molecular weight is 384 g/mol. The highest BCUT2D eigenvalue weighted by Gasteiger charge is 2.21. The van der Waals surface area contributed by atoms with E-state index in [9.17, 15) is 13.2 Å². The third-order valence-corrected chi connectivity index (χ3v) is 5.74. The molecule has 0 atom stereocenters. The molecule has 1 N–H and O–H groups in total. The van der Waals surface area contributed by atoms with Crippen LogP contribution in [0.2, 0.25) is 0 Å². The maximum atomic E-state index is 12.4. The molecule has 0 bridgehead atoms. The molecule has 6 nitrogen and oxygen atoms in total. The summed E-state index contributed by atoms with van der Waals surface area (Å²) in [5.41, 5.74) is 0.591. The van der Waals surface area contributed by atoms with Gasteiger partial charge in [0.1, 0.15) is 0 Å². The molecule has 1 aromatic carbocycles. The third-order valence-electron chi connectivity index (χ3n) is 3.82. The molecule has 26 heavy (non-hydrogen) atoms. The average Bonchev–Trinajstić information content (AvgIpc) is 2.51. The van der Waals surface area contributed by atoms with E-state index in [2.05, 4.69) is 37.9 Å². The molecular weight excluding hydrogens is 350 g/mol. The van der Waals surface area contributed by atoms with Gasteiger partial charge in [0.05, 0.1) is 11.4 Å². The van der Waals surface area contributed by atoms with Crippen molar-refractivity contribution in [2.45, 2.75) is 39.1 Å². The van der Waals surface area contributed by atoms with Crippen LogP contribution in [-0.2, 0) is 21.4 Å². The molecule has 0 aromatic heterocycles. The molecule has 1 rings (SSSR count). The predicted octanol–water partition coefficient (Wildman–Crippen LogP) is 2.17. The van der Waals surface area contributed by atoms with E-state index in [-0.39, 0.29) is 17.3 Å². The van der Waals surface area contributed by atoms with Crippen LogP contribution in [0.5, 0.6) is 0 Å². The van der Waals surface area contributed by atoms with Crippen LogP contribution in [0.3, 0.4) is 0 Å². The Morgan fingerprint density at radius 3 is 2.08 bits per heavy atom. The fraction of sp³-hybridized carbons (Fsp3) is 0.632. The quantitative estimate of drug-likeness (QED) is 0.672. The highest BCUT2D eigenvalue weighted by Crippen LogP contribution is 2.18. The van der Waals surface area contributed by atoms with E-state index in [0.717, 1.165) is 13.1 Å². The summed E-state index contributed by atoms with van der Waals surface area (Å²) in [7, 11) is -0.538. The van der Waals surface area contributed by atoms with Crippen molar-refractivity contribution in [1.29, 1.82) is 0 Å². The summed E-state index contributed by atoms with van der Waals surface area (Å²) in [5, 5.41) is 2.86. The van der Waals surface area contributed by atoms with Gasteiger partial charge in [-0.2, -0.15) is 0 Å². The first-order chi connectivity index (χ1) is 12.0. The number of benzene rings is 1. The van der Waals surface area contributed by atoms with Crippen LogP contribution in [-0.4, -0.2) is 57.3 Å². The summed E-state index contributed by atoms with van der Waals surface area (Å²) >= 11 is 0. The SMILES string of the molecule is CC(C)CN(CC(=O)NCc1ccccc1S(=O)(=O)N(C)C)CC(C)C. The van der Waals surface area contributed by atoms with Gasteiger partial charge in [-0.15, -0.1) is 0 Å². The van der Waals surface area contributed by atoms with Crippen molar-refractivity contribution < 1.29 is 13.2 Å². The fourth-order valence-electron chi connectivity index (χ4n) is 2.79. The van der Waals surface area contributed by atoms with E-state index in [1.54, 1.807) is 24.3 Å².